The number of hydrogen-bond acceptors (Lipinski definition) is 7. The minimum atomic E-state index is -3.73. The van der Waals surface area contributed by atoms with Crippen LogP contribution in [0.1, 0.15) is 21.7 Å². The van der Waals surface area contributed by atoms with Gasteiger partial charge in [0.2, 0.25) is 10.0 Å². The van der Waals surface area contributed by atoms with Gasteiger partial charge in [-0.2, -0.15) is 0 Å². The lowest BCUT2D eigenvalue weighted by atomic mass is 10.2. The summed E-state index contributed by atoms with van der Waals surface area (Å²) in [5.41, 5.74) is 0.924. The third-order valence-corrected chi connectivity index (χ3v) is 5.66. The van der Waals surface area contributed by atoms with Crippen molar-refractivity contribution >= 4 is 39.1 Å². The Morgan fingerprint density at radius 1 is 1.11 bits per heavy atom. The standard InChI is InChI=1S/C17H18N2O6S2/c1-12-4-6-13(7-5-12)27(23,24)18-9-8-16(21)25-11-15(20)19-17(22)14-3-2-10-26-14/h2-7,10,18H,8-9,11H2,1H3,(H,19,20,22). The van der Waals surface area contributed by atoms with Gasteiger partial charge in [-0.25, -0.2) is 13.1 Å². The van der Waals surface area contributed by atoms with Crippen LogP contribution in [0.2, 0.25) is 0 Å². The average Bonchev–Trinajstić information content (AvgIpc) is 3.15. The first-order valence-electron chi connectivity index (χ1n) is 7.87. The molecule has 2 N–H and O–H groups in total. The minimum Gasteiger partial charge on any atom is -0.456 e. The summed E-state index contributed by atoms with van der Waals surface area (Å²) in [6, 6.07) is 9.48. The Balaban J connectivity index is 1.70. The van der Waals surface area contributed by atoms with Crippen LogP contribution in [0, 0.1) is 6.92 Å². The topological polar surface area (TPSA) is 119 Å². The molecule has 8 nitrogen and oxygen atoms in total. The molecule has 0 atom stereocenters. The van der Waals surface area contributed by atoms with E-state index in [0.29, 0.717) is 4.88 Å². The Hall–Kier alpha value is -2.56. The molecule has 0 unspecified atom stereocenters. The van der Waals surface area contributed by atoms with Gasteiger partial charge in [0.1, 0.15) is 0 Å². The number of sulfonamides is 1. The maximum Gasteiger partial charge on any atom is 0.307 e. The molecule has 0 radical (unpaired) electrons. The van der Waals surface area contributed by atoms with Crippen molar-refractivity contribution in [2.24, 2.45) is 0 Å². The zero-order chi connectivity index (χ0) is 19.9. The van der Waals surface area contributed by atoms with Gasteiger partial charge in [-0.3, -0.25) is 19.7 Å². The average molecular weight is 410 g/mol. The highest BCUT2D eigenvalue weighted by molar-refractivity contribution is 7.89. The molecular weight excluding hydrogens is 392 g/mol. The zero-order valence-electron chi connectivity index (χ0n) is 14.4. The quantitative estimate of drug-likeness (QED) is 0.632. The predicted octanol–water partition coefficient (Wildman–Crippen LogP) is 1.22. The number of carbonyl (C=O) groups is 3. The van der Waals surface area contributed by atoms with Crippen molar-refractivity contribution in [3.63, 3.8) is 0 Å². The third-order valence-electron chi connectivity index (χ3n) is 3.31. The Morgan fingerprint density at radius 3 is 2.44 bits per heavy atom. The van der Waals surface area contributed by atoms with Gasteiger partial charge in [0.15, 0.2) is 6.61 Å². The molecule has 27 heavy (non-hydrogen) atoms. The molecule has 144 valence electrons. The zero-order valence-corrected chi connectivity index (χ0v) is 16.1. The van der Waals surface area contributed by atoms with E-state index in [1.807, 2.05) is 6.92 Å². The molecule has 1 aromatic heterocycles. The SMILES string of the molecule is Cc1ccc(S(=O)(=O)NCCC(=O)OCC(=O)NC(=O)c2cccs2)cc1. The molecule has 1 aromatic carbocycles. The Morgan fingerprint density at radius 2 is 1.81 bits per heavy atom. The van der Waals surface area contributed by atoms with Gasteiger partial charge in [0, 0.05) is 6.54 Å². The van der Waals surface area contributed by atoms with Crippen molar-refractivity contribution < 1.29 is 27.5 Å². The van der Waals surface area contributed by atoms with Crippen molar-refractivity contribution in [1.82, 2.24) is 10.0 Å². The van der Waals surface area contributed by atoms with E-state index in [1.54, 1.807) is 29.6 Å². The summed E-state index contributed by atoms with van der Waals surface area (Å²) in [5.74, 6) is -2.10. The fraction of sp³-hybridized carbons (Fsp3) is 0.235. The van der Waals surface area contributed by atoms with E-state index in [9.17, 15) is 22.8 Å². The molecular formula is C17H18N2O6S2. The smallest absolute Gasteiger partial charge is 0.307 e. The molecule has 0 fully saturated rings. The first-order valence-corrected chi connectivity index (χ1v) is 10.2. The van der Waals surface area contributed by atoms with Gasteiger partial charge in [-0.05, 0) is 30.5 Å². The highest BCUT2D eigenvalue weighted by atomic mass is 32.2. The maximum absolute atomic E-state index is 12.1. The van der Waals surface area contributed by atoms with Crippen LogP contribution in [0.3, 0.4) is 0 Å². The summed E-state index contributed by atoms with van der Waals surface area (Å²) in [6.07, 6.45) is -0.253. The van der Waals surface area contributed by atoms with Crippen molar-refractivity contribution in [2.45, 2.75) is 18.2 Å². The largest absolute Gasteiger partial charge is 0.456 e. The number of ether oxygens (including phenoxy) is 1. The van der Waals surface area contributed by atoms with Crippen molar-refractivity contribution in [3.05, 3.63) is 52.2 Å². The normalized spacial score (nSPS) is 11.0. The highest BCUT2D eigenvalue weighted by Gasteiger charge is 2.16. The lowest BCUT2D eigenvalue weighted by Crippen LogP contribution is -2.34. The van der Waals surface area contributed by atoms with Crippen LogP contribution in [-0.4, -0.2) is 39.4 Å². The highest BCUT2D eigenvalue weighted by Crippen LogP contribution is 2.10. The Kier molecular flexibility index (Phi) is 7.22. The number of aryl methyl sites for hydroxylation is 1. The van der Waals surface area contributed by atoms with Crippen LogP contribution in [0.4, 0.5) is 0 Å². The summed E-state index contributed by atoms with van der Waals surface area (Å²) in [7, 11) is -3.73. The number of nitrogens with one attached hydrogen (secondary N) is 2. The van der Waals surface area contributed by atoms with Crippen LogP contribution in [-0.2, 0) is 24.3 Å². The van der Waals surface area contributed by atoms with E-state index >= 15 is 0 Å². The van der Waals surface area contributed by atoms with E-state index in [2.05, 4.69) is 10.0 Å². The molecule has 0 saturated carbocycles. The van der Waals surface area contributed by atoms with Gasteiger partial charge in [-0.1, -0.05) is 23.8 Å². The van der Waals surface area contributed by atoms with Crippen molar-refractivity contribution in [1.29, 1.82) is 0 Å². The van der Waals surface area contributed by atoms with E-state index in [1.165, 1.54) is 23.5 Å². The predicted molar refractivity (Wildman–Crippen MR) is 98.7 cm³/mol. The molecule has 2 rings (SSSR count). The number of esters is 1. The first kappa shape index (κ1) is 20.7. The molecule has 2 aromatic rings. The van der Waals surface area contributed by atoms with Crippen molar-refractivity contribution in [3.8, 4) is 0 Å². The second-order valence-corrected chi connectivity index (χ2v) is 8.19. The molecule has 0 aliphatic carbocycles. The van der Waals surface area contributed by atoms with Crippen LogP contribution in [0.25, 0.3) is 0 Å². The van der Waals surface area contributed by atoms with E-state index in [0.717, 1.165) is 5.56 Å². The molecule has 0 aliphatic heterocycles. The van der Waals surface area contributed by atoms with Crippen molar-refractivity contribution in [2.75, 3.05) is 13.2 Å². The summed E-state index contributed by atoms with van der Waals surface area (Å²) < 4.78 is 31.1. The summed E-state index contributed by atoms with van der Waals surface area (Å²) >= 11 is 1.17. The molecule has 0 saturated heterocycles. The lowest BCUT2D eigenvalue weighted by Gasteiger charge is -2.07. The second kappa shape index (κ2) is 9.40. The minimum absolute atomic E-state index is 0.0907. The fourth-order valence-corrected chi connectivity index (χ4v) is 3.59. The second-order valence-electron chi connectivity index (χ2n) is 5.48. The molecule has 0 spiro atoms. The number of thiophene rings is 1. The Labute approximate surface area is 160 Å². The number of amides is 2. The fourth-order valence-electron chi connectivity index (χ4n) is 1.94. The van der Waals surface area contributed by atoms with Gasteiger partial charge >= 0.3 is 5.97 Å². The van der Waals surface area contributed by atoms with Crippen LogP contribution < -0.4 is 10.0 Å². The lowest BCUT2D eigenvalue weighted by molar-refractivity contribution is -0.148. The maximum atomic E-state index is 12.1. The molecule has 2 amide bonds. The van der Waals surface area contributed by atoms with E-state index in [4.69, 9.17) is 4.74 Å². The summed E-state index contributed by atoms with van der Waals surface area (Å²) in [5, 5.41) is 3.78. The molecule has 0 bridgehead atoms. The first-order chi connectivity index (χ1) is 12.8. The number of imide groups is 1. The summed E-state index contributed by atoms with van der Waals surface area (Å²) in [6.45, 7) is 1.04. The van der Waals surface area contributed by atoms with E-state index in [-0.39, 0.29) is 17.9 Å². The van der Waals surface area contributed by atoms with Gasteiger partial charge in [-0.15, -0.1) is 11.3 Å². The van der Waals surface area contributed by atoms with Gasteiger partial charge < -0.3 is 4.74 Å². The van der Waals surface area contributed by atoms with Gasteiger partial charge in [0.05, 0.1) is 16.2 Å². The number of carbonyl (C=O) groups excluding carboxylic acids is 3. The van der Waals surface area contributed by atoms with Crippen LogP contribution in [0.5, 0.6) is 0 Å². The molecule has 10 heteroatoms. The monoisotopic (exact) mass is 410 g/mol. The summed E-state index contributed by atoms with van der Waals surface area (Å²) in [4.78, 5) is 35.3. The number of hydrogen-bond donors (Lipinski definition) is 2. The molecule has 1 heterocycles. The van der Waals surface area contributed by atoms with Crippen LogP contribution >= 0.6 is 11.3 Å². The number of benzene rings is 1. The van der Waals surface area contributed by atoms with E-state index < -0.39 is 34.4 Å². The molecule has 0 aliphatic rings. The van der Waals surface area contributed by atoms with Crippen LogP contribution in [0.15, 0.2) is 46.7 Å². The third kappa shape index (κ3) is 6.59. The van der Waals surface area contributed by atoms with Gasteiger partial charge in [0.25, 0.3) is 11.8 Å². The Bertz CT molecular complexity index is 905. The number of rotatable bonds is 8.